The highest BCUT2D eigenvalue weighted by atomic mass is 16.2. The van der Waals surface area contributed by atoms with Crippen molar-refractivity contribution in [3.63, 3.8) is 0 Å². The summed E-state index contributed by atoms with van der Waals surface area (Å²) in [7, 11) is 0. The van der Waals surface area contributed by atoms with Crippen molar-refractivity contribution in [2.45, 2.75) is 20.8 Å². The van der Waals surface area contributed by atoms with Crippen molar-refractivity contribution >= 4 is 29.3 Å². The van der Waals surface area contributed by atoms with Crippen LogP contribution in [0.15, 0.2) is 48.0 Å². The standard InChI is InChI=1S/C20H19N3O2/c1-13-4-5-16(14(2)10-13)11-17(12-21)20(25)23-19-8-6-18(7-9-19)22-15(3)24/h4-11H,1-3H3,(H,22,24)(H,23,25)/b17-11+. The van der Waals surface area contributed by atoms with E-state index in [-0.39, 0.29) is 11.5 Å². The first-order chi connectivity index (χ1) is 11.9. The lowest BCUT2D eigenvalue weighted by Gasteiger charge is -2.07. The Balaban J connectivity index is 2.16. The van der Waals surface area contributed by atoms with E-state index in [2.05, 4.69) is 10.6 Å². The number of amides is 2. The second-order valence-corrected chi connectivity index (χ2v) is 5.74. The van der Waals surface area contributed by atoms with Gasteiger partial charge in [-0.15, -0.1) is 0 Å². The largest absolute Gasteiger partial charge is 0.326 e. The molecule has 2 amide bonds. The number of nitrogens with zero attached hydrogens (tertiary/aromatic N) is 1. The Kier molecular flexibility index (Phi) is 5.70. The van der Waals surface area contributed by atoms with Gasteiger partial charge in [0.05, 0.1) is 0 Å². The number of nitrogens with one attached hydrogen (secondary N) is 2. The van der Waals surface area contributed by atoms with Crippen molar-refractivity contribution < 1.29 is 9.59 Å². The molecule has 2 N–H and O–H groups in total. The van der Waals surface area contributed by atoms with E-state index >= 15 is 0 Å². The van der Waals surface area contributed by atoms with Gasteiger partial charge in [-0.25, -0.2) is 0 Å². The Labute approximate surface area is 147 Å². The Bertz CT molecular complexity index is 875. The summed E-state index contributed by atoms with van der Waals surface area (Å²) in [4.78, 5) is 23.3. The summed E-state index contributed by atoms with van der Waals surface area (Å²) in [6.45, 7) is 5.35. The SMILES string of the molecule is CC(=O)Nc1ccc(NC(=O)/C(C#N)=C/c2ccc(C)cc2C)cc1. The molecule has 5 nitrogen and oxygen atoms in total. The molecule has 0 aliphatic heterocycles. The predicted octanol–water partition coefficient (Wildman–Crippen LogP) is 3.81. The van der Waals surface area contributed by atoms with Crippen LogP contribution in [0, 0.1) is 25.2 Å². The molecule has 25 heavy (non-hydrogen) atoms. The normalized spacial score (nSPS) is 10.7. The molecule has 0 aliphatic carbocycles. The van der Waals surface area contributed by atoms with E-state index in [4.69, 9.17) is 0 Å². The molecule has 126 valence electrons. The molecule has 2 aromatic rings. The minimum atomic E-state index is -0.477. The topological polar surface area (TPSA) is 82.0 Å². The lowest BCUT2D eigenvalue weighted by atomic mass is 10.0. The number of rotatable bonds is 4. The summed E-state index contributed by atoms with van der Waals surface area (Å²) in [6, 6.07) is 14.4. The molecule has 2 aromatic carbocycles. The maximum atomic E-state index is 12.3. The van der Waals surface area contributed by atoms with Crippen LogP contribution in [0.4, 0.5) is 11.4 Å². The monoisotopic (exact) mass is 333 g/mol. The van der Waals surface area contributed by atoms with Crippen LogP contribution in [0.3, 0.4) is 0 Å². The van der Waals surface area contributed by atoms with Gasteiger partial charge < -0.3 is 10.6 Å². The third kappa shape index (κ3) is 5.05. The van der Waals surface area contributed by atoms with Crippen LogP contribution in [-0.4, -0.2) is 11.8 Å². The van der Waals surface area contributed by atoms with Crippen molar-refractivity contribution in [1.82, 2.24) is 0 Å². The molecule has 0 heterocycles. The number of carbonyl (C=O) groups is 2. The smallest absolute Gasteiger partial charge is 0.266 e. The fourth-order valence-electron chi connectivity index (χ4n) is 2.33. The lowest BCUT2D eigenvalue weighted by molar-refractivity contribution is -0.114. The fourth-order valence-corrected chi connectivity index (χ4v) is 2.33. The molecule has 0 radical (unpaired) electrons. The molecule has 5 heteroatoms. The van der Waals surface area contributed by atoms with E-state index in [9.17, 15) is 14.9 Å². The molecular formula is C20H19N3O2. The quantitative estimate of drug-likeness (QED) is 0.659. The van der Waals surface area contributed by atoms with Gasteiger partial charge >= 0.3 is 0 Å². The van der Waals surface area contributed by atoms with E-state index in [1.54, 1.807) is 30.3 Å². The van der Waals surface area contributed by atoms with Crippen molar-refractivity contribution in [2.75, 3.05) is 10.6 Å². The first-order valence-corrected chi connectivity index (χ1v) is 7.77. The van der Waals surface area contributed by atoms with Crippen LogP contribution < -0.4 is 10.6 Å². The van der Waals surface area contributed by atoms with Gasteiger partial charge in [0.2, 0.25) is 5.91 Å². The van der Waals surface area contributed by atoms with Gasteiger partial charge in [-0.2, -0.15) is 5.26 Å². The summed E-state index contributed by atoms with van der Waals surface area (Å²) in [5.74, 6) is -0.644. The minimum absolute atomic E-state index is 0.0258. The molecule has 0 saturated carbocycles. The number of benzene rings is 2. The number of hydrogen-bond donors (Lipinski definition) is 2. The number of anilines is 2. The summed E-state index contributed by atoms with van der Waals surface area (Å²) in [6.07, 6.45) is 1.58. The van der Waals surface area contributed by atoms with Gasteiger partial charge in [0.25, 0.3) is 5.91 Å². The van der Waals surface area contributed by atoms with E-state index in [1.807, 2.05) is 38.1 Å². The van der Waals surface area contributed by atoms with Crippen molar-refractivity contribution in [1.29, 1.82) is 5.26 Å². The molecule has 0 unspecified atom stereocenters. The average molecular weight is 333 g/mol. The van der Waals surface area contributed by atoms with E-state index in [1.165, 1.54) is 6.92 Å². The molecule has 0 fully saturated rings. The van der Waals surface area contributed by atoms with E-state index < -0.39 is 5.91 Å². The Hall–Kier alpha value is -3.39. The number of aryl methyl sites for hydroxylation is 2. The third-order valence-corrected chi connectivity index (χ3v) is 3.55. The van der Waals surface area contributed by atoms with Crippen LogP contribution in [0.1, 0.15) is 23.6 Å². The summed E-state index contributed by atoms with van der Waals surface area (Å²) in [5.41, 5.74) is 4.16. The van der Waals surface area contributed by atoms with Crippen LogP contribution >= 0.6 is 0 Å². The molecular weight excluding hydrogens is 314 g/mol. The summed E-state index contributed by atoms with van der Waals surface area (Å²) in [5, 5.41) is 14.6. The maximum Gasteiger partial charge on any atom is 0.266 e. The van der Waals surface area contributed by atoms with Crippen LogP contribution in [-0.2, 0) is 9.59 Å². The van der Waals surface area contributed by atoms with Crippen molar-refractivity contribution in [3.05, 3.63) is 64.7 Å². The molecule has 0 aromatic heterocycles. The zero-order valence-corrected chi connectivity index (χ0v) is 14.4. The highest BCUT2D eigenvalue weighted by molar-refractivity contribution is 6.09. The Morgan fingerprint density at radius 3 is 2.12 bits per heavy atom. The van der Waals surface area contributed by atoms with Gasteiger partial charge in [0.15, 0.2) is 0 Å². The predicted molar refractivity (Wildman–Crippen MR) is 98.9 cm³/mol. The first kappa shape index (κ1) is 18.0. The first-order valence-electron chi connectivity index (χ1n) is 7.77. The van der Waals surface area contributed by atoms with Crippen molar-refractivity contribution in [2.24, 2.45) is 0 Å². The molecule has 0 atom stereocenters. The summed E-state index contributed by atoms with van der Waals surface area (Å²) < 4.78 is 0. The Morgan fingerprint density at radius 1 is 1.00 bits per heavy atom. The number of nitriles is 1. The zero-order chi connectivity index (χ0) is 18.4. The molecule has 0 saturated heterocycles. The average Bonchev–Trinajstić information content (AvgIpc) is 2.55. The van der Waals surface area contributed by atoms with Gasteiger partial charge in [0, 0.05) is 18.3 Å². The Morgan fingerprint density at radius 2 is 1.60 bits per heavy atom. The molecule has 0 aliphatic rings. The zero-order valence-electron chi connectivity index (χ0n) is 14.4. The van der Waals surface area contributed by atoms with E-state index in [0.29, 0.717) is 11.4 Å². The molecule has 2 rings (SSSR count). The van der Waals surface area contributed by atoms with Gasteiger partial charge in [-0.1, -0.05) is 23.8 Å². The lowest BCUT2D eigenvalue weighted by Crippen LogP contribution is -2.13. The number of hydrogen-bond acceptors (Lipinski definition) is 3. The molecule has 0 spiro atoms. The van der Waals surface area contributed by atoms with Gasteiger partial charge in [-0.05, 0) is 55.3 Å². The number of carbonyl (C=O) groups excluding carboxylic acids is 2. The third-order valence-electron chi connectivity index (χ3n) is 3.55. The second kappa shape index (κ2) is 7.93. The van der Waals surface area contributed by atoms with Crippen LogP contribution in [0.2, 0.25) is 0 Å². The van der Waals surface area contributed by atoms with E-state index in [0.717, 1.165) is 16.7 Å². The van der Waals surface area contributed by atoms with Gasteiger partial charge in [0.1, 0.15) is 11.6 Å². The highest BCUT2D eigenvalue weighted by Gasteiger charge is 2.10. The van der Waals surface area contributed by atoms with Gasteiger partial charge in [-0.3, -0.25) is 9.59 Å². The summed E-state index contributed by atoms with van der Waals surface area (Å²) >= 11 is 0. The maximum absolute atomic E-state index is 12.3. The minimum Gasteiger partial charge on any atom is -0.326 e. The highest BCUT2D eigenvalue weighted by Crippen LogP contribution is 2.17. The van der Waals surface area contributed by atoms with Crippen LogP contribution in [0.5, 0.6) is 0 Å². The van der Waals surface area contributed by atoms with Crippen molar-refractivity contribution in [3.8, 4) is 6.07 Å². The fraction of sp³-hybridized carbons (Fsp3) is 0.150. The van der Waals surface area contributed by atoms with Crippen LogP contribution in [0.25, 0.3) is 6.08 Å². The molecule has 0 bridgehead atoms. The second-order valence-electron chi connectivity index (χ2n) is 5.74.